The van der Waals surface area contributed by atoms with Crippen LogP contribution in [0.25, 0.3) is 0 Å². The molecule has 1 aromatic carbocycles. The molecule has 0 radical (unpaired) electrons. The van der Waals surface area contributed by atoms with E-state index < -0.39 is 0 Å². The van der Waals surface area contributed by atoms with E-state index in [1.54, 1.807) is 6.07 Å². The maximum Gasteiger partial charge on any atom is 0.126 e. The Bertz CT molecular complexity index is 422. The lowest BCUT2D eigenvalue weighted by Crippen LogP contribution is -2.55. The second-order valence-electron chi connectivity index (χ2n) is 6.26. The standard InChI is InChI=1S/C17H30FN3/c1-5-10-21(12-11-20(3)4)17(2,14-19)13-15-8-6-7-9-16(15)18/h6-9H,5,10-14,19H2,1-4H3. The quantitative estimate of drug-likeness (QED) is 0.759. The van der Waals surface area contributed by atoms with Gasteiger partial charge in [-0.15, -0.1) is 0 Å². The molecule has 1 atom stereocenters. The van der Waals surface area contributed by atoms with Crippen molar-refractivity contribution in [2.75, 3.05) is 40.3 Å². The first-order valence-electron chi connectivity index (χ1n) is 7.76. The van der Waals surface area contributed by atoms with Crippen LogP contribution >= 0.6 is 0 Å². The predicted octanol–water partition coefficient (Wildman–Crippen LogP) is 2.36. The molecule has 0 fully saturated rings. The molecular formula is C17H30FN3. The molecule has 1 aromatic rings. The van der Waals surface area contributed by atoms with Crippen molar-refractivity contribution in [1.29, 1.82) is 0 Å². The summed E-state index contributed by atoms with van der Waals surface area (Å²) in [7, 11) is 4.14. The Morgan fingerprint density at radius 2 is 1.81 bits per heavy atom. The maximum atomic E-state index is 14.0. The molecule has 3 nitrogen and oxygen atoms in total. The number of nitrogens with zero attached hydrogens (tertiary/aromatic N) is 2. The molecule has 0 aromatic heterocycles. The summed E-state index contributed by atoms with van der Waals surface area (Å²) in [5, 5.41) is 0. The highest BCUT2D eigenvalue weighted by atomic mass is 19.1. The third-order valence-electron chi connectivity index (χ3n) is 4.04. The van der Waals surface area contributed by atoms with Gasteiger partial charge < -0.3 is 10.6 Å². The number of nitrogens with two attached hydrogens (primary N) is 1. The third kappa shape index (κ3) is 5.38. The number of hydrogen-bond donors (Lipinski definition) is 1. The van der Waals surface area contributed by atoms with Gasteiger partial charge in [-0.1, -0.05) is 25.1 Å². The van der Waals surface area contributed by atoms with E-state index in [1.165, 1.54) is 6.07 Å². The third-order valence-corrected chi connectivity index (χ3v) is 4.04. The molecule has 0 amide bonds. The minimum absolute atomic E-state index is 0.138. The summed E-state index contributed by atoms with van der Waals surface area (Å²) in [6.07, 6.45) is 1.71. The molecular weight excluding hydrogens is 265 g/mol. The topological polar surface area (TPSA) is 32.5 Å². The van der Waals surface area contributed by atoms with E-state index in [1.807, 2.05) is 12.1 Å². The molecule has 4 heteroatoms. The molecule has 0 heterocycles. The SMILES string of the molecule is CCCN(CCN(C)C)C(C)(CN)Cc1ccccc1F. The fraction of sp³-hybridized carbons (Fsp3) is 0.647. The van der Waals surface area contributed by atoms with Gasteiger partial charge in [0, 0.05) is 25.2 Å². The van der Waals surface area contributed by atoms with Crippen LogP contribution in [-0.2, 0) is 6.42 Å². The molecule has 21 heavy (non-hydrogen) atoms. The van der Waals surface area contributed by atoms with Crippen molar-refractivity contribution in [2.45, 2.75) is 32.2 Å². The first kappa shape index (κ1) is 18.1. The van der Waals surface area contributed by atoms with Crippen LogP contribution in [0.3, 0.4) is 0 Å². The van der Waals surface area contributed by atoms with E-state index in [0.29, 0.717) is 13.0 Å². The predicted molar refractivity (Wildman–Crippen MR) is 88.0 cm³/mol. The summed E-state index contributed by atoms with van der Waals surface area (Å²) in [6, 6.07) is 7.00. The van der Waals surface area contributed by atoms with Crippen LogP contribution in [0.15, 0.2) is 24.3 Å². The monoisotopic (exact) mass is 295 g/mol. The van der Waals surface area contributed by atoms with E-state index in [4.69, 9.17) is 5.73 Å². The Kier molecular flexibility index (Phi) is 7.29. The first-order valence-corrected chi connectivity index (χ1v) is 7.76. The highest BCUT2D eigenvalue weighted by molar-refractivity contribution is 5.20. The van der Waals surface area contributed by atoms with Gasteiger partial charge in [0.25, 0.3) is 0 Å². The summed E-state index contributed by atoms with van der Waals surface area (Å²) in [6.45, 7) is 7.74. The number of hydrogen-bond acceptors (Lipinski definition) is 3. The fourth-order valence-electron chi connectivity index (χ4n) is 2.61. The lowest BCUT2D eigenvalue weighted by atomic mass is 9.90. The molecule has 0 spiro atoms. The first-order chi connectivity index (χ1) is 9.92. The van der Waals surface area contributed by atoms with E-state index in [2.05, 4.69) is 37.7 Å². The number of likely N-dealkylation sites (N-methyl/N-ethyl adjacent to an activating group) is 1. The highest BCUT2D eigenvalue weighted by Crippen LogP contribution is 2.22. The molecule has 0 bridgehead atoms. The molecule has 1 unspecified atom stereocenters. The lowest BCUT2D eigenvalue weighted by molar-refractivity contribution is 0.0996. The largest absolute Gasteiger partial charge is 0.329 e. The van der Waals surface area contributed by atoms with Gasteiger partial charge in [0.2, 0.25) is 0 Å². The zero-order chi connectivity index (χ0) is 15.9. The fourth-order valence-corrected chi connectivity index (χ4v) is 2.61. The van der Waals surface area contributed by atoms with Gasteiger partial charge in [-0.2, -0.15) is 0 Å². The van der Waals surface area contributed by atoms with Crippen molar-refractivity contribution in [3.05, 3.63) is 35.6 Å². The van der Waals surface area contributed by atoms with Gasteiger partial charge >= 0.3 is 0 Å². The lowest BCUT2D eigenvalue weighted by Gasteiger charge is -2.41. The Morgan fingerprint density at radius 1 is 1.14 bits per heavy atom. The van der Waals surface area contributed by atoms with Gasteiger partial charge in [0.05, 0.1) is 0 Å². The minimum Gasteiger partial charge on any atom is -0.329 e. The zero-order valence-electron chi connectivity index (χ0n) is 13.9. The van der Waals surface area contributed by atoms with Crippen molar-refractivity contribution in [3.63, 3.8) is 0 Å². The molecule has 120 valence electrons. The molecule has 0 aliphatic rings. The molecule has 0 aliphatic heterocycles. The van der Waals surface area contributed by atoms with Crippen LogP contribution in [0.2, 0.25) is 0 Å². The second-order valence-corrected chi connectivity index (χ2v) is 6.26. The molecule has 1 rings (SSSR count). The van der Waals surface area contributed by atoms with Crippen LogP contribution in [0, 0.1) is 5.82 Å². The second kappa shape index (κ2) is 8.47. The highest BCUT2D eigenvalue weighted by Gasteiger charge is 2.30. The normalized spacial score (nSPS) is 14.7. The summed E-state index contributed by atoms with van der Waals surface area (Å²) in [4.78, 5) is 4.57. The van der Waals surface area contributed by atoms with Crippen LogP contribution in [0.4, 0.5) is 4.39 Å². The average Bonchev–Trinajstić information content (AvgIpc) is 2.45. The van der Waals surface area contributed by atoms with Gasteiger partial charge in [-0.3, -0.25) is 4.90 Å². The van der Waals surface area contributed by atoms with Crippen LogP contribution in [0.1, 0.15) is 25.8 Å². The zero-order valence-corrected chi connectivity index (χ0v) is 13.9. The Morgan fingerprint density at radius 3 is 2.33 bits per heavy atom. The number of halogens is 1. The van der Waals surface area contributed by atoms with E-state index in [-0.39, 0.29) is 11.4 Å². The van der Waals surface area contributed by atoms with Crippen LogP contribution in [-0.4, -0.2) is 55.6 Å². The van der Waals surface area contributed by atoms with Crippen molar-refractivity contribution >= 4 is 0 Å². The summed E-state index contributed by atoms with van der Waals surface area (Å²) < 4.78 is 14.0. The number of rotatable bonds is 9. The van der Waals surface area contributed by atoms with Crippen molar-refractivity contribution in [1.82, 2.24) is 9.80 Å². The van der Waals surface area contributed by atoms with E-state index in [0.717, 1.165) is 31.6 Å². The summed E-state index contributed by atoms with van der Waals surface area (Å²) in [5.41, 5.74) is 6.60. The Hall–Kier alpha value is -0.970. The van der Waals surface area contributed by atoms with Gasteiger partial charge in [0.15, 0.2) is 0 Å². The summed E-state index contributed by atoms with van der Waals surface area (Å²) in [5.74, 6) is -0.138. The van der Waals surface area contributed by atoms with Crippen LogP contribution < -0.4 is 5.73 Å². The molecule has 2 N–H and O–H groups in total. The number of benzene rings is 1. The van der Waals surface area contributed by atoms with Crippen LogP contribution in [0.5, 0.6) is 0 Å². The van der Waals surface area contributed by atoms with Gasteiger partial charge in [-0.05, 0) is 52.0 Å². The molecule has 0 saturated heterocycles. The van der Waals surface area contributed by atoms with Gasteiger partial charge in [0.1, 0.15) is 5.82 Å². The van der Waals surface area contributed by atoms with E-state index in [9.17, 15) is 4.39 Å². The smallest absolute Gasteiger partial charge is 0.126 e. The van der Waals surface area contributed by atoms with Gasteiger partial charge in [-0.25, -0.2) is 4.39 Å². The van der Waals surface area contributed by atoms with Crippen molar-refractivity contribution < 1.29 is 4.39 Å². The van der Waals surface area contributed by atoms with Crippen molar-refractivity contribution in [2.24, 2.45) is 5.73 Å². The Labute approximate surface area is 128 Å². The molecule has 0 aliphatic carbocycles. The molecule has 0 saturated carbocycles. The summed E-state index contributed by atoms with van der Waals surface area (Å²) >= 11 is 0. The van der Waals surface area contributed by atoms with Crippen molar-refractivity contribution in [3.8, 4) is 0 Å². The Balaban J connectivity index is 2.89. The minimum atomic E-state index is -0.214. The van der Waals surface area contributed by atoms with E-state index >= 15 is 0 Å². The maximum absolute atomic E-state index is 14.0. The average molecular weight is 295 g/mol.